The minimum Gasteiger partial charge on any atom is -0.497 e. The van der Waals surface area contributed by atoms with Crippen molar-refractivity contribution in [2.75, 3.05) is 20.3 Å². The summed E-state index contributed by atoms with van der Waals surface area (Å²) < 4.78 is 65.7. The van der Waals surface area contributed by atoms with Crippen molar-refractivity contribution in [2.24, 2.45) is 0 Å². The van der Waals surface area contributed by atoms with E-state index in [1.165, 1.54) is 31.4 Å². The van der Waals surface area contributed by atoms with E-state index in [1.807, 2.05) is 13.1 Å². The molecule has 0 amide bonds. The van der Waals surface area contributed by atoms with Crippen LogP contribution in [0, 0.1) is 11.8 Å². The zero-order chi connectivity index (χ0) is 30.8. The predicted octanol–water partition coefficient (Wildman–Crippen LogP) is 4.44. The van der Waals surface area contributed by atoms with E-state index in [1.54, 1.807) is 6.92 Å². The molecule has 1 saturated heterocycles. The van der Waals surface area contributed by atoms with E-state index in [9.17, 15) is 27.6 Å². The van der Waals surface area contributed by atoms with E-state index < -0.39 is 55.6 Å². The quantitative estimate of drug-likeness (QED) is 0.328. The number of carbonyl (C=O) groups is 1. The van der Waals surface area contributed by atoms with Gasteiger partial charge in [0.1, 0.15) is 30.3 Å². The smallest absolute Gasteiger partial charge is 0.423 e. The van der Waals surface area contributed by atoms with Crippen molar-refractivity contribution in [2.45, 2.75) is 76.9 Å². The Hall–Kier alpha value is -3.18. The van der Waals surface area contributed by atoms with Crippen LogP contribution in [0.4, 0.5) is 13.2 Å². The molecule has 224 valence electrons. The van der Waals surface area contributed by atoms with E-state index in [4.69, 9.17) is 18.6 Å². The van der Waals surface area contributed by atoms with Gasteiger partial charge in [0.05, 0.1) is 19.8 Å². The monoisotopic (exact) mass is 596 g/mol. The van der Waals surface area contributed by atoms with Gasteiger partial charge in [-0.05, 0) is 49.3 Å². The molecule has 1 fully saturated rings. The topological polar surface area (TPSA) is 98.0 Å². The molecule has 9 nitrogen and oxygen atoms in total. The molecular weight excluding hydrogens is 561 g/mol. The number of hydrogen-bond donors (Lipinski definition) is 0. The fraction of sp³-hybridized carbons (Fsp3) is 0.536. The van der Waals surface area contributed by atoms with Crippen molar-refractivity contribution in [1.82, 2.24) is 9.13 Å². The third-order valence-corrected chi connectivity index (χ3v) is 11.9. The van der Waals surface area contributed by atoms with Gasteiger partial charge in [0.2, 0.25) is 0 Å². The van der Waals surface area contributed by atoms with Gasteiger partial charge >= 0.3 is 11.9 Å². The summed E-state index contributed by atoms with van der Waals surface area (Å²) in [5, 5.41) is -0.120. The van der Waals surface area contributed by atoms with Crippen LogP contribution >= 0.6 is 0 Å². The number of rotatable bonds is 8. The highest BCUT2D eigenvalue weighted by Crippen LogP contribution is 2.38. The number of benzene rings is 1. The Balaban J connectivity index is 2.06. The van der Waals surface area contributed by atoms with Crippen LogP contribution in [0.1, 0.15) is 56.3 Å². The fourth-order valence-electron chi connectivity index (χ4n) is 3.94. The minimum atomic E-state index is -5.15. The van der Waals surface area contributed by atoms with Crippen molar-refractivity contribution in [3.63, 3.8) is 0 Å². The molecule has 0 aliphatic carbocycles. The Morgan fingerprint density at radius 2 is 1.78 bits per heavy atom. The van der Waals surface area contributed by atoms with E-state index in [-0.39, 0.29) is 34.8 Å². The fourth-order valence-corrected chi connectivity index (χ4v) is 4.95. The van der Waals surface area contributed by atoms with Crippen LogP contribution in [0.15, 0.2) is 40.1 Å². The van der Waals surface area contributed by atoms with Crippen molar-refractivity contribution >= 4 is 14.2 Å². The summed E-state index contributed by atoms with van der Waals surface area (Å²) in [6.45, 7) is 12.0. The highest BCUT2D eigenvalue weighted by Gasteiger charge is 2.44. The molecule has 3 rings (SSSR count). The lowest BCUT2D eigenvalue weighted by Gasteiger charge is -2.37. The molecule has 41 heavy (non-hydrogen) atoms. The number of methoxy groups -OCH3 is 1. The molecule has 1 aliphatic rings. The second-order valence-electron chi connectivity index (χ2n) is 11.1. The summed E-state index contributed by atoms with van der Waals surface area (Å²) in [4.78, 5) is 39.5. The molecular formula is C28H35F3N2O7Si. The largest absolute Gasteiger partial charge is 0.497 e. The van der Waals surface area contributed by atoms with Crippen molar-refractivity contribution in [1.29, 1.82) is 0 Å². The zero-order valence-electron chi connectivity index (χ0n) is 24.1. The standard InChI is InChI=1S/C28H35F3N2O7Si/c1-8-9-14-38-21-15-23(40-22(21)17-39-41(6,7)27(2,3)4)32-16-20(28(29,30)31)25(35)33(26(32)36)24(34)18-10-12-19(37-5)13-11-18/h10-13,16,21-23H,14-15,17H2,1-7H3/t21-,22+,23+/m0/s1. The second kappa shape index (κ2) is 12.4. The number of carbonyl (C=O) groups excluding carboxylic acids is 1. The van der Waals surface area contributed by atoms with Gasteiger partial charge in [-0.2, -0.15) is 17.7 Å². The van der Waals surface area contributed by atoms with Gasteiger partial charge in [-0.15, -0.1) is 5.92 Å². The van der Waals surface area contributed by atoms with Crippen molar-refractivity contribution in [3.8, 4) is 17.6 Å². The van der Waals surface area contributed by atoms with Crippen LogP contribution < -0.4 is 16.0 Å². The zero-order valence-corrected chi connectivity index (χ0v) is 25.1. The van der Waals surface area contributed by atoms with Crippen LogP contribution in [-0.2, 0) is 20.1 Å². The summed E-state index contributed by atoms with van der Waals surface area (Å²) in [7, 11) is -0.848. The maximum absolute atomic E-state index is 14.0. The summed E-state index contributed by atoms with van der Waals surface area (Å²) in [6, 6.07) is 5.27. The van der Waals surface area contributed by atoms with E-state index >= 15 is 0 Å². The van der Waals surface area contributed by atoms with E-state index in [0.717, 1.165) is 0 Å². The highest BCUT2D eigenvalue weighted by atomic mass is 28.4. The molecule has 0 radical (unpaired) electrons. The Kier molecular flexibility index (Phi) is 9.75. The third kappa shape index (κ3) is 7.18. The molecule has 0 spiro atoms. The lowest BCUT2D eigenvalue weighted by atomic mass is 10.2. The molecule has 13 heteroatoms. The average Bonchev–Trinajstić information content (AvgIpc) is 3.29. The average molecular weight is 597 g/mol. The Morgan fingerprint density at radius 3 is 2.32 bits per heavy atom. The maximum Gasteiger partial charge on any atom is 0.423 e. The Morgan fingerprint density at radius 1 is 1.15 bits per heavy atom. The van der Waals surface area contributed by atoms with Gasteiger partial charge in [-0.25, -0.2) is 4.79 Å². The van der Waals surface area contributed by atoms with E-state index in [2.05, 4.69) is 32.6 Å². The van der Waals surface area contributed by atoms with Crippen LogP contribution in [0.3, 0.4) is 0 Å². The number of ether oxygens (including phenoxy) is 3. The number of halogens is 3. The summed E-state index contributed by atoms with van der Waals surface area (Å²) >= 11 is 0. The van der Waals surface area contributed by atoms with Gasteiger partial charge in [0.25, 0.3) is 11.5 Å². The SMILES string of the molecule is CC#CCO[C@H]1C[C@H](n2cc(C(F)(F)F)c(=O)n(C(=O)c3ccc(OC)cc3)c2=O)O[C@@H]1CO[Si](C)(C)C(C)(C)C. The number of alkyl halides is 3. The number of aromatic nitrogens is 2. The normalized spacial score (nSPS) is 19.5. The maximum atomic E-state index is 14.0. The predicted molar refractivity (Wildman–Crippen MR) is 148 cm³/mol. The number of hydrogen-bond acceptors (Lipinski definition) is 7. The van der Waals surface area contributed by atoms with Gasteiger partial charge in [0, 0.05) is 18.2 Å². The molecule has 0 unspecified atom stereocenters. The first-order chi connectivity index (χ1) is 19.0. The lowest BCUT2D eigenvalue weighted by molar-refractivity contribution is -0.139. The Labute approximate surface area is 237 Å². The highest BCUT2D eigenvalue weighted by molar-refractivity contribution is 6.74. The summed E-state index contributed by atoms with van der Waals surface area (Å²) in [5.74, 6) is 4.63. The molecule has 2 heterocycles. The van der Waals surface area contributed by atoms with Crippen LogP contribution in [0.5, 0.6) is 5.75 Å². The van der Waals surface area contributed by atoms with Gasteiger partial charge < -0.3 is 18.6 Å². The molecule has 0 bridgehead atoms. The summed E-state index contributed by atoms with van der Waals surface area (Å²) in [6.07, 6.45) is -7.48. The first-order valence-corrected chi connectivity index (χ1v) is 15.9. The van der Waals surface area contributed by atoms with Gasteiger partial charge in [-0.3, -0.25) is 14.2 Å². The summed E-state index contributed by atoms with van der Waals surface area (Å²) in [5.41, 5.74) is -4.91. The molecule has 0 N–H and O–H groups in total. The van der Waals surface area contributed by atoms with E-state index in [0.29, 0.717) is 16.5 Å². The minimum absolute atomic E-state index is 0.0220. The third-order valence-electron chi connectivity index (χ3n) is 7.41. The van der Waals surface area contributed by atoms with Gasteiger partial charge in [0.15, 0.2) is 8.32 Å². The van der Waals surface area contributed by atoms with Crippen molar-refractivity contribution < 1.29 is 36.6 Å². The molecule has 1 aromatic carbocycles. The second-order valence-corrected chi connectivity index (χ2v) is 15.9. The first-order valence-electron chi connectivity index (χ1n) is 13.0. The Bertz CT molecular complexity index is 1430. The molecule has 1 aliphatic heterocycles. The van der Waals surface area contributed by atoms with Crippen LogP contribution in [0.2, 0.25) is 18.1 Å². The molecule has 0 saturated carbocycles. The lowest BCUT2D eigenvalue weighted by Crippen LogP contribution is -2.47. The van der Waals surface area contributed by atoms with Crippen LogP contribution in [-0.4, -0.2) is 55.9 Å². The first kappa shape index (κ1) is 32.3. The number of nitrogens with zero attached hydrogens (tertiary/aromatic N) is 2. The van der Waals surface area contributed by atoms with Crippen molar-refractivity contribution in [3.05, 3.63) is 62.4 Å². The van der Waals surface area contributed by atoms with Gasteiger partial charge in [-0.1, -0.05) is 26.7 Å². The molecule has 3 atom stereocenters. The molecule has 2 aromatic rings. The molecule has 1 aromatic heterocycles. The van der Waals surface area contributed by atoms with Crippen LogP contribution in [0.25, 0.3) is 0 Å².